The first-order chi connectivity index (χ1) is 10.8. The lowest BCUT2D eigenvalue weighted by Gasteiger charge is -2.13. The molecule has 2 aromatic rings. The van der Waals surface area contributed by atoms with E-state index in [4.69, 9.17) is 14.5 Å². The molecule has 3 heterocycles. The van der Waals surface area contributed by atoms with E-state index in [1.807, 2.05) is 24.3 Å². The normalized spacial score (nSPS) is 21.1. The number of H-pyrrole nitrogens is 1. The molecule has 1 N–H and O–H groups in total. The summed E-state index contributed by atoms with van der Waals surface area (Å²) in [4.78, 5) is 12.6. The number of thioether (sulfide) groups is 1. The van der Waals surface area contributed by atoms with Gasteiger partial charge in [0.1, 0.15) is 5.76 Å². The lowest BCUT2D eigenvalue weighted by Crippen LogP contribution is -2.13. The molecule has 0 saturated carbocycles. The van der Waals surface area contributed by atoms with Crippen LogP contribution in [0, 0.1) is 0 Å². The number of nitrogens with zero attached hydrogens (tertiary/aromatic N) is 3. The van der Waals surface area contributed by atoms with Crippen molar-refractivity contribution in [2.75, 3.05) is 0 Å². The van der Waals surface area contributed by atoms with Gasteiger partial charge in [0.25, 0.3) is 0 Å². The Hall–Kier alpha value is -2.16. The molecule has 3 aliphatic rings. The van der Waals surface area contributed by atoms with Gasteiger partial charge in [0, 0.05) is 15.4 Å². The second kappa shape index (κ2) is 4.42. The number of hydrogen-bond acceptors (Lipinski definition) is 7. The van der Waals surface area contributed by atoms with Crippen molar-refractivity contribution in [1.82, 2.24) is 20.6 Å². The van der Waals surface area contributed by atoms with Gasteiger partial charge in [0.05, 0.1) is 5.56 Å². The number of fused-ring (bicyclic) bond motifs is 2. The number of allylic oxidation sites excluding steroid dienone is 3. The Morgan fingerprint density at radius 1 is 1.27 bits per heavy atom. The van der Waals surface area contributed by atoms with Gasteiger partial charge >= 0.3 is 5.97 Å². The van der Waals surface area contributed by atoms with Gasteiger partial charge in [0.2, 0.25) is 5.82 Å². The zero-order valence-corrected chi connectivity index (χ0v) is 12.1. The maximum Gasteiger partial charge on any atom is 0.411 e. The fourth-order valence-corrected chi connectivity index (χ4v) is 3.71. The molecule has 1 saturated heterocycles. The van der Waals surface area contributed by atoms with Crippen LogP contribution in [0.3, 0.4) is 0 Å². The first kappa shape index (κ1) is 12.4. The van der Waals surface area contributed by atoms with Gasteiger partial charge < -0.3 is 4.74 Å². The minimum atomic E-state index is -1.15. The summed E-state index contributed by atoms with van der Waals surface area (Å²) in [5.41, 5.74) is 1.65. The molecular formula is C14H10N4O3S. The third-order valence-corrected chi connectivity index (χ3v) is 4.93. The predicted molar refractivity (Wildman–Crippen MR) is 75.8 cm³/mol. The van der Waals surface area contributed by atoms with Crippen LogP contribution in [-0.2, 0) is 20.5 Å². The molecule has 2 aliphatic heterocycles. The van der Waals surface area contributed by atoms with Gasteiger partial charge in [-0.25, -0.2) is 0 Å². The summed E-state index contributed by atoms with van der Waals surface area (Å²) >= 11 is 1.69. The summed E-state index contributed by atoms with van der Waals surface area (Å²) in [6.45, 7) is 0. The van der Waals surface area contributed by atoms with E-state index in [1.54, 1.807) is 11.8 Å². The average molecular weight is 314 g/mol. The van der Waals surface area contributed by atoms with Crippen molar-refractivity contribution in [3.63, 3.8) is 0 Å². The van der Waals surface area contributed by atoms with Gasteiger partial charge in [-0.15, -0.1) is 20.0 Å². The molecule has 1 aliphatic carbocycles. The molecule has 0 radical (unpaired) electrons. The standard InChI is InChI=1S/C14H10N4O3S/c1-2-4-12-10(3-1)19-14(20-21-14)9-7-8(5-6-11(9)22-12)13-15-17-18-16-13/h1,3,5-7H,2,4H2,(H,15,16,17,18). The Morgan fingerprint density at radius 2 is 2.23 bits per heavy atom. The van der Waals surface area contributed by atoms with Crippen LogP contribution in [0.2, 0.25) is 0 Å². The molecule has 22 heavy (non-hydrogen) atoms. The summed E-state index contributed by atoms with van der Waals surface area (Å²) in [6, 6.07) is 5.88. The van der Waals surface area contributed by atoms with Crippen LogP contribution >= 0.6 is 11.8 Å². The highest BCUT2D eigenvalue weighted by molar-refractivity contribution is 8.03. The van der Waals surface area contributed by atoms with E-state index in [-0.39, 0.29) is 0 Å². The molecular weight excluding hydrogens is 304 g/mol. The number of benzene rings is 1. The van der Waals surface area contributed by atoms with Gasteiger partial charge in [-0.05, 0) is 42.3 Å². The second-order valence-corrected chi connectivity index (χ2v) is 6.24. The Morgan fingerprint density at radius 3 is 3.05 bits per heavy atom. The number of nitrogens with one attached hydrogen (secondary N) is 1. The average Bonchev–Trinajstić information content (AvgIpc) is 3.15. The maximum absolute atomic E-state index is 5.98. The van der Waals surface area contributed by atoms with Crippen molar-refractivity contribution in [3.05, 3.63) is 46.6 Å². The molecule has 1 aromatic carbocycles. The lowest BCUT2D eigenvalue weighted by molar-refractivity contribution is -0.00904. The maximum atomic E-state index is 5.98. The van der Waals surface area contributed by atoms with E-state index in [1.165, 1.54) is 4.91 Å². The molecule has 7 nitrogen and oxygen atoms in total. The summed E-state index contributed by atoms with van der Waals surface area (Å²) < 4.78 is 5.98. The van der Waals surface area contributed by atoms with Crippen LogP contribution in [0.25, 0.3) is 11.4 Å². The molecule has 0 amide bonds. The minimum Gasteiger partial charge on any atom is -0.431 e. The third-order valence-electron chi connectivity index (χ3n) is 3.71. The smallest absolute Gasteiger partial charge is 0.411 e. The Bertz CT molecular complexity index is 812. The van der Waals surface area contributed by atoms with E-state index in [9.17, 15) is 0 Å². The van der Waals surface area contributed by atoms with Crippen LogP contribution in [-0.4, -0.2) is 20.6 Å². The Labute approximate surface area is 129 Å². The van der Waals surface area contributed by atoms with Crippen LogP contribution in [0.1, 0.15) is 18.4 Å². The highest BCUT2D eigenvalue weighted by Crippen LogP contribution is 2.53. The first-order valence-corrected chi connectivity index (χ1v) is 7.67. The fraction of sp³-hybridized carbons (Fsp3) is 0.214. The quantitative estimate of drug-likeness (QED) is 0.639. The number of tetrazole rings is 1. The molecule has 110 valence electrons. The van der Waals surface area contributed by atoms with Gasteiger partial charge in [-0.3, -0.25) is 0 Å². The summed E-state index contributed by atoms with van der Waals surface area (Å²) in [7, 11) is 0. The van der Waals surface area contributed by atoms with Crippen LogP contribution in [0.4, 0.5) is 0 Å². The Kier molecular flexibility index (Phi) is 2.49. The summed E-state index contributed by atoms with van der Waals surface area (Å²) in [5.74, 6) is 0.178. The third kappa shape index (κ3) is 1.81. The zero-order chi connectivity index (χ0) is 14.6. The zero-order valence-electron chi connectivity index (χ0n) is 11.3. The van der Waals surface area contributed by atoms with E-state index in [2.05, 4.69) is 26.7 Å². The van der Waals surface area contributed by atoms with E-state index >= 15 is 0 Å². The van der Waals surface area contributed by atoms with Gasteiger partial charge in [-0.2, -0.15) is 5.21 Å². The van der Waals surface area contributed by atoms with Crippen molar-refractivity contribution in [2.45, 2.75) is 23.7 Å². The highest BCUT2D eigenvalue weighted by atomic mass is 32.2. The molecule has 8 heteroatoms. The molecule has 1 aromatic heterocycles. The van der Waals surface area contributed by atoms with Gasteiger partial charge in [-0.1, -0.05) is 17.8 Å². The monoisotopic (exact) mass is 314 g/mol. The second-order valence-electron chi connectivity index (χ2n) is 5.10. The number of ether oxygens (including phenoxy) is 1. The van der Waals surface area contributed by atoms with Gasteiger partial charge in [0.15, 0.2) is 0 Å². The summed E-state index contributed by atoms with van der Waals surface area (Å²) in [5, 5.41) is 14.0. The van der Waals surface area contributed by atoms with Crippen molar-refractivity contribution in [1.29, 1.82) is 0 Å². The topological polar surface area (TPSA) is 88.8 Å². The van der Waals surface area contributed by atoms with Crippen molar-refractivity contribution in [2.24, 2.45) is 0 Å². The fourth-order valence-electron chi connectivity index (χ4n) is 2.59. The van der Waals surface area contributed by atoms with Crippen LogP contribution in [0.5, 0.6) is 0 Å². The molecule has 0 unspecified atom stereocenters. The van der Waals surface area contributed by atoms with Crippen LogP contribution in [0.15, 0.2) is 45.9 Å². The van der Waals surface area contributed by atoms with E-state index in [0.29, 0.717) is 5.82 Å². The number of aromatic amines is 1. The first-order valence-electron chi connectivity index (χ1n) is 6.86. The van der Waals surface area contributed by atoms with Crippen molar-refractivity contribution in [3.8, 4) is 11.4 Å². The molecule has 0 bridgehead atoms. The Balaban J connectivity index is 1.64. The van der Waals surface area contributed by atoms with E-state index in [0.717, 1.165) is 34.6 Å². The number of rotatable bonds is 1. The number of aromatic nitrogens is 4. The molecule has 1 spiro atoms. The molecule has 0 atom stereocenters. The highest BCUT2D eigenvalue weighted by Gasteiger charge is 2.58. The predicted octanol–water partition coefficient (Wildman–Crippen LogP) is 2.62. The van der Waals surface area contributed by atoms with Crippen LogP contribution < -0.4 is 0 Å². The van der Waals surface area contributed by atoms with Crippen molar-refractivity contribution >= 4 is 11.8 Å². The number of hydrogen-bond donors (Lipinski definition) is 1. The SMILES string of the molecule is C1=CC2=C(CC1)Sc1ccc(-c3nn[nH]n3)cc1C1(OO1)O2. The van der Waals surface area contributed by atoms with E-state index < -0.39 is 5.97 Å². The summed E-state index contributed by atoms with van der Waals surface area (Å²) in [6.07, 6.45) is 6.04. The largest absolute Gasteiger partial charge is 0.431 e. The van der Waals surface area contributed by atoms with Crippen molar-refractivity contribution < 1.29 is 14.5 Å². The minimum absolute atomic E-state index is 0.519. The molecule has 5 rings (SSSR count). The lowest BCUT2D eigenvalue weighted by atomic mass is 10.1. The molecule has 1 fully saturated rings.